The fraction of sp³-hybridized carbons (Fsp3) is 0.348. The third kappa shape index (κ3) is 3.87. The number of rotatable bonds is 7. The molecule has 0 bridgehead atoms. The van der Waals surface area contributed by atoms with Crippen molar-refractivity contribution in [2.75, 3.05) is 7.11 Å². The maximum atomic E-state index is 13.3. The molecule has 3 rings (SSSR count). The Morgan fingerprint density at radius 1 is 1.17 bits per heavy atom. The number of amides is 3. The minimum absolute atomic E-state index is 0.134. The minimum Gasteiger partial charge on any atom is -0.496 e. The Bertz CT molecular complexity index is 986. The quantitative estimate of drug-likeness (QED) is 0.684. The second-order valence-corrected chi connectivity index (χ2v) is 7.79. The maximum absolute atomic E-state index is 13.3. The topological polar surface area (TPSA) is 95.9 Å². The lowest BCUT2D eigenvalue weighted by atomic mass is 9.90. The van der Waals surface area contributed by atoms with E-state index in [-0.39, 0.29) is 6.42 Å². The summed E-state index contributed by atoms with van der Waals surface area (Å²) in [5.41, 5.74) is 2.10. The number of carboxylic acids is 1. The number of carbonyl (C=O) groups excluding carboxylic acids is 2. The summed E-state index contributed by atoms with van der Waals surface area (Å²) in [6.45, 7) is 5.40. The summed E-state index contributed by atoms with van der Waals surface area (Å²) in [5, 5.41) is 12.4. The number of aryl methyl sites for hydroxylation is 3. The van der Waals surface area contributed by atoms with Crippen molar-refractivity contribution in [1.82, 2.24) is 10.2 Å². The fourth-order valence-electron chi connectivity index (χ4n) is 3.75. The molecule has 0 aliphatic carbocycles. The van der Waals surface area contributed by atoms with Gasteiger partial charge in [-0.25, -0.2) is 14.5 Å². The van der Waals surface area contributed by atoms with Gasteiger partial charge in [-0.3, -0.25) is 4.79 Å². The van der Waals surface area contributed by atoms with Crippen molar-refractivity contribution >= 4 is 17.9 Å². The van der Waals surface area contributed by atoms with E-state index in [0.717, 1.165) is 21.6 Å². The molecule has 7 heteroatoms. The molecule has 0 saturated carbocycles. The van der Waals surface area contributed by atoms with Gasteiger partial charge in [-0.15, -0.1) is 0 Å². The Morgan fingerprint density at radius 2 is 1.83 bits per heavy atom. The van der Waals surface area contributed by atoms with E-state index in [2.05, 4.69) is 5.32 Å². The molecule has 0 aromatic heterocycles. The van der Waals surface area contributed by atoms with Crippen molar-refractivity contribution in [3.63, 3.8) is 0 Å². The van der Waals surface area contributed by atoms with Gasteiger partial charge in [0.1, 0.15) is 17.3 Å². The highest BCUT2D eigenvalue weighted by Crippen LogP contribution is 2.33. The summed E-state index contributed by atoms with van der Waals surface area (Å²) in [6, 6.07) is 11.0. The van der Waals surface area contributed by atoms with Crippen LogP contribution in [0.5, 0.6) is 5.75 Å². The summed E-state index contributed by atoms with van der Waals surface area (Å²) < 4.78 is 5.26. The zero-order valence-corrected chi connectivity index (χ0v) is 17.6. The number of hydrogen-bond donors (Lipinski definition) is 2. The van der Waals surface area contributed by atoms with Crippen LogP contribution in [0.3, 0.4) is 0 Å². The number of imide groups is 1. The molecule has 2 N–H and O–H groups in total. The first-order valence-electron chi connectivity index (χ1n) is 9.76. The summed E-state index contributed by atoms with van der Waals surface area (Å²) in [5.74, 6) is -1.12. The van der Waals surface area contributed by atoms with Crippen LogP contribution in [0.1, 0.15) is 35.6 Å². The van der Waals surface area contributed by atoms with E-state index in [9.17, 15) is 19.5 Å². The number of nitrogens with one attached hydrogen (secondary N) is 1. The van der Waals surface area contributed by atoms with Crippen LogP contribution in [0.2, 0.25) is 0 Å². The van der Waals surface area contributed by atoms with E-state index in [1.807, 2.05) is 38.1 Å². The lowest BCUT2D eigenvalue weighted by Gasteiger charge is -2.25. The molecule has 1 saturated heterocycles. The number of methoxy groups -OCH3 is 1. The van der Waals surface area contributed by atoms with Crippen LogP contribution in [0.15, 0.2) is 42.5 Å². The molecule has 2 atom stereocenters. The molecule has 2 aromatic rings. The highest BCUT2D eigenvalue weighted by molar-refractivity contribution is 6.09. The monoisotopic (exact) mass is 410 g/mol. The van der Waals surface area contributed by atoms with E-state index >= 15 is 0 Å². The Hall–Kier alpha value is -3.35. The van der Waals surface area contributed by atoms with Crippen LogP contribution in [0.25, 0.3) is 0 Å². The zero-order valence-electron chi connectivity index (χ0n) is 17.6. The molecular weight excluding hydrogens is 384 g/mol. The molecule has 1 fully saturated rings. The SMILES string of the molecule is COc1ccc(C2(C)NC(=O)N(C(CCc3ccc(C)cc3)C(=O)O)C2=O)cc1C. The predicted molar refractivity (Wildman–Crippen MR) is 111 cm³/mol. The first-order valence-corrected chi connectivity index (χ1v) is 9.76. The van der Waals surface area contributed by atoms with Crippen LogP contribution in [-0.2, 0) is 21.5 Å². The summed E-state index contributed by atoms with van der Waals surface area (Å²) in [4.78, 5) is 38.7. The molecule has 0 radical (unpaired) electrons. The maximum Gasteiger partial charge on any atom is 0.327 e. The number of carboxylic acid groups (broad SMARTS) is 1. The van der Waals surface area contributed by atoms with E-state index in [1.54, 1.807) is 32.2 Å². The number of ether oxygens (including phenoxy) is 1. The normalized spacial score (nSPS) is 19.5. The van der Waals surface area contributed by atoms with Crippen molar-refractivity contribution in [3.05, 3.63) is 64.7 Å². The third-order valence-electron chi connectivity index (χ3n) is 5.62. The Morgan fingerprint density at radius 3 is 2.40 bits per heavy atom. The van der Waals surface area contributed by atoms with Gasteiger partial charge in [-0.2, -0.15) is 0 Å². The summed E-state index contributed by atoms with van der Waals surface area (Å²) in [7, 11) is 1.56. The summed E-state index contributed by atoms with van der Waals surface area (Å²) >= 11 is 0. The number of hydrogen-bond acceptors (Lipinski definition) is 4. The van der Waals surface area contributed by atoms with Gasteiger partial charge in [0.05, 0.1) is 7.11 Å². The molecule has 1 aliphatic rings. The first-order chi connectivity index (χ1) is 14.2. The van der Waals surface area contributed by atoms with Crippen LogP contribution in [-0.4, -0.2) is 41.1 Å². The number of nitrogens with zero attached hydrogens (tertiary/aromatic N) is 1. The van der Waals surface area contributed by atoms with Crippen LogP contribution in [0.4, 0.5) is 4.79 Å². The predicted octanol–water partition coefficient (Wildman–Crippen LogP) is 3.17. The molecule has 1 heterocycles. The average Bonchev–Trinajstić information content (AvgIpc) is 2.93. The van der Waals surface area contributed by atoms with Gasteiger partial charge in [0.25, 0.3) is 5.91 Å². The fourth-order valence-corrected chi connectivity index (χ4v) is 3.75. The van der Waals surface area contributed by atoms with E-state index in [1.165, 1.54) is 0 Å². The Kier molecular flexibility index (Phi) is 5.82. The Labute approximate surface area is 175 Å². The lowest BCUT2D eigenvalue weighted by Crippen LogP contribution is -2.47. The smallest absolute Gasteiger partial charge is 0.327 e. The van der Waals surface area contributed by atoms with E-state index < -0.39 is 29.5 Å². The average molecular weight is 410 g/mol. The van der Waals surface area contributed by atoms with E-state index in [4.69, 9.17) is 4.74 Å². The summed E-state index contributed by atoms with van der Waals surface area (Å²) in [6.07, 6.45) is 0.571. The third-order valence-corrected chi connectivity index (χ3v) is 5.62. The van der Waals surface area contributed by atoms with Crippen LogP contribution < -0.4 is 10.1 Å². The van der Waals surface area contributed by atoms with Crippen molar-refractivity contribution in [2.45, 2.75) is 45.2 Å². The molecule has 2 aromatic carbocycles. The van der Waals surface area contributed by atoms with Gasteiger partial charge >= 0.3 is 12.0 Å². The number of carbonyl (C=O) groups is 3. The zero-order chi connectivity index (χ0) is 22.1. The molecule has 1 aliphatic heterocycles. The number of benzene rings is 2. The number of urea groups is 1. The Balaban J connectivity index is 1.86. The largest absolute Gasteiger partial charge is 0.496 e. The highest BCUT2D eigenvalue weighted by Gasteiger charge is 2.52. The molecule has 2 unspecified atom stereocenters. The van der Waals surface area contributed by atoms with Crippen LogP contribution in [0, 0.1) is 13.8 Å². The lowest BCUT2D eigenvalue weighted by molar-refractivity contribution is -0.148. The molecule has 30 heavy (non-hydrogen) atoms. The standard InChI is InChI=1S/C23H26N2O5/c1-14-5-7-16(8-6-14)9-11-18(20(26)27)25-21(28)23(3,24-22(25)29)17-10-12-19(30-4)15(2)13-17/h5-8,10,12-13,18H,9,11H2,1-4H3,(H,24,29)(H,26,27). The molecule has 0 spiro atoms. The second-order valence-electron chi connectivity index (χ2n) is 7.79. The first kappa shape index (κ1) is 21.4. The van der Waals surface area contributed by atoms with Gasteiger partial charge in [0.2, 0.25) is 0 Å². The molecule has 158 valence electrons. The van der Waals surface area contributed by atoms with Gasteiger partial charge in [0, 0.05) is 0 Å². The van der Waals surface area contributed by atoms with Crippen molar-refractivity contribution in [2.24, 2.45) is 0 Å². The van der Waals surface area contributed by atoms with Gasteiger partial charge in [-0.1, -0.05) is 35.9 Å². The highest BCUT2D eigenvalue weighted by atomic mass is 16.5. The second kappa shape index (κ2) is 8.18. The van der Waals surface area contributed by atoms with Crippen molar-refractivity contribution in [1.29, 1.82) is 0 Å². The minimum atomic E-state index is -1.34. The van der Waals surface area contributed by atoms with Gasteiger partial charge in [-0.05, 0) is 62.4 Å². The van der Waals surface area contributed by atoms with Crippen molar-refractivity contribution in [3.8, 4) is 5.75 Å². The number of aliphatic carboxylic acids is 1. The van der Waals surface area contributed by atoms with Gasteiger partial charge in [0.15, 0.2) is 0 Å². The molecule has 7 nitrogen and oxygen atoms in total. The van der Waals surface area contributed by atoms with E-state index in [0.29, 0.717) is 17.7 Å². The molecule has 3 amide bonds. The van der Waals surface area contributed by atoms with Crippen molar-refractivity contribution < 1.29 is 24.2 Å². The van der Waals surface area contributed by atoms with Crippen LogP contribution >= 0.6 is 0 Å². The molecular formula is C23H26N2O5. The van der Waals surface area contributed by atoms with Gasteiger partial charge < -0.3 is 15.2 Å².